The Morgan fingerprint density at radius 2 is 1.67 bits per heavy atom. The minimum Gasteiger partial charge on any atom is -0.362 e. The van der Waals surface area contributed by atoms with Gasteiger partial charge < -0.3 is 10.6 Å². The maximum Gasteiger partial charge on any atom is 0.187 e. The van der Waals surface area contributed by atoms with Crippen molar-refractivity contribution in [3.63, 3.8) is 0 Å². The molecule has 21 heavy (non-hydrogen) atoms. The molecule has 106 valence electrons. The molecule has 0 aliphatic rings. The van der Waals surface area contributed by atoms with Crippen molar-refractivity contribution < 1.29 is 0 Å². The quantitative estimate of drug-likeness (QED) is 0.654. The van der Waals surface area contributed by atoms with Crippen LogP contribution in [0.4, 0.5) is 5.69 Å². The second-order valence-electron chi connectivity index (χ2n) is 4.62. The Hall–Kier alpha value is -2.38. The largest absolute Gasteiger partial charge is 0.362 e. The predicted molar refractivity (Wildman–Crippen MR) is 90.3 cm³/mol. The minimum absolute atomic E-state index is 0.653. The first-order valence-corrected chi connectivity index (χ1v) is 7.21. The highest BCUT2D eigenvalue weighted by atomic mass is 32.1. The molecule has 0 heterocycles. The van der Waals surface area contributed by atoms with Gasteiger partial charge in [0.1, 0.15) is 0 Å². The molecule has 0 amide bonds. The summed E-state index contributed by atoms with van der Waals surface area (Å²) in [5.74, 6) is 0. The average molecular weight is 295 g/mol. The molecule has 0 spiro atoms. The first-order chi connectivity index (χ1) is 10.3. The molecule has 0 fully saturated rings. The SMILES string of the molecule is [C-]#[N+]c1ccc(CNC(=S)NCCc2ccccc2)cc1. The lowest BCUT2D eigenvalue weighted by Crippen LogP contribution is -2.35. The highest BCUT2D eigenvalue weighted by Gasteiger charge is 1.98. The molecule has 3 nitrogen and oxygen atoms in total. The molecule has 0 saturated carbocycles. The lowest BCUT2D eigenvalue weighted by molar-refractivity contribution is 0.815. The lowest BCUT2D eigenvalue weighted by atomic mass is 10.1. The zero-order valence-corrected chi connectivity index (χ0v) is 12.5. The zero-order valence-electron chi connectivity index (χ0n) is 11.7. The van der Waals surface area contributed by atoms with E-state index < -0.39 is 0 Å². The highest BCUT2D eigenvalue weighted by Crippen LogP contribution is 2.12. The molecule has 0 atom stereocenters. The number of thiocarbonyl (C=S) groups is 1. The van der Waals surface area contributed by atoms with Gasteiger partial charge in [-0.2, -0.15) is 0 Å². The van der Waals surface area contributed by atoms with Gasteiger partial charge in [0.25, 0.3) is 0 Å². The summed E-state index contributed by atoms with van der Waals surface area (Å²) in [6, 6.07) is 17.8. The summed E-state index contributed by atoms with van der Waals surface area (Å²) in [5.41, 5.74) is 3.06. The first kappa shape index (κ1) is 15.0. The monoisotopic (exact) mass is 295 g/mol. The van der Waals surface area contributed by atoms with Crippen molar-refractivity contribution in [1.29, 1.82) is 0 Å². The van der Waals surface area contributed by atoms with Gasteiger partial charge in [-0.1, -0.05) is 54.6 Å². The van der Waals surface area contributed by atoms with Crippen molar-refractivity contribution in [2.75, 3.05) is 6.54 Å². The molecule has 2 aromatic rings. The Labute approximate surface area is 130 Å². The van der Waals surface area contributed by atoms with Gasteiger partial charge in [-0.05, 0) is 29.8 Å². The summed E-state index contributed by atoms with van der Waals surface area (Å²) < 4.78 is 0. The standard InChI is InChI=1S/C17H17N3S/c1-18-16-9-7-15(8-10-16)13-20-17(21)19-12-11-14-5-3-2-4-6-14/h2-10H,11-13H2,(H2,19,20,21). The number of hydrogen-bond donors (Lipinski definition) is 2. The van der Waals surface area contributed by atoms with E-state index in [4.69, 9.17) is 18.8 Å². The topological polar surface area (TPSA) is 28.4 Å². The van der Waals surface area contributed by atoms with E-state index in [0.717, 1.165) is 18.5 Å². The third-order valence-corrected chi connectivity index (χ3v) is 3.35. The summed E-state index contributed by atoms with van der Waals surface area (Å²) in [4.78, 5) is 3.37. The number of nitrogens with zero attached hydrogens (tertiary/aromatic N) is 1. The molecular formula is C17H17N3S. The fourth-order valence-corrected chi connectivity index (χ4v) is 2.07. The first-order valence-electron chi connectivity index (χ1n) is 6.80. The Balaban J connectivity index is 1.68. The molecule has 2 N–H and O–H groups in total. The van der Waals surface area contributed by atoms with Crippen LogP contribution in [-0.2, 0) is 13.0 Å². The number of hydrogen-bond acceptors (Lipinski definition) is 1. The van der Waals surface area contributed by atoms with E-state index in [1.807, 2.05) is 42.5 Å². The second kappa shape index (κ2) is 8.03. The van der Waals surface area contributed by atoms with Crippen LogP contribution in [0.2, 0.25) is 0 Å². The molecule has 2 aromatic carbocycles. The lowest BCUT2D eigenvalue weighted by Gasteiger charge is -2.10. The highest BCUT2D eigenvalue weighted by molar-refractivity contribution is 7.80. The molecule has 4 heteroatoms. The summed E-state index contributed by atoms with van der Waals surface area (Å²) in [6.07, 6.45) is 0.947. The van der Waals surface area contributed by atoms with E-state index in [9.17, 15) is 0 Å². The number of rotatable bonds is 5. The van der Waals surface area contributed by atoms with Crippen molar-refractivity contribution in [2.45, 2.75) is 13.0 Å². The maximum atomic E-state index is 6.91. The molecule has 2 rings (SSSR count). The van der Waals surface area contributed by atoms with E-state index in [1.165, 1.54) is 5.56 Å². The predicted octanol–water partition coefficient (Wildman–Crippen LogP) is 3.44. The van der Waals surface area contributed by atoms with Gasteiger partial charge in [-0.3, -0.25) is 0 Å². The smallest absolute Gasteiger partial charge is 0.187 e. The van der Waals surface area contributed by atoms with Gasteiger partial charge in [0, 0.05) is 13.1 Å². The molecule has 0 unspecified atom stereocenters. The van der Waals surface area contributed by atoms with Crippen LogP contribution in [0, 0.1) is 6.57 Å². The molecular weight excluding hydrogens is 278 g/mol. The van der Waals surface area contributed by atoms with Crippen LogP contribution in [-0.4, -0.2) is 11.7 Å². The molecule has 0 aliphatic carbocycles. The van der Waals surface area contributed by atoms with Gasteiger partial charge in [-0.15, -0.1) is 0 Å². The van der Waals surface area contributed by atoms with Crippen molar-refractivity contribution in [1.82, 2.24) is 10.6 Å². The van der Waals surface area contributed by atoms with E-state index in [2.05, 4.69) is 27.6 Å². The van der Waals surface area contributed by atoms with E-state index in [1.54, 1.807) is 0 Å². The minimum atomic E-state index is 0.653. The average Bonchev–Trinajstić information content (AvgIpc) is 2.54. The Kier molecular flexibility index (Phi) is 5.74. The number of nitrogens with one attached hydrogen (secondary N) is 2. The zero-order chi connectivity index (χ0) is 14.9. The van der Waals surface area contributed by atoms with Gasteiger partial charge in [0.05, 0.1) is 6.57 Å². The molecule has 0 aromatic heterocycles. The van der Waals surface area contributed by atoms with Crippen LogP contribution in [0.1, 0.15) is 11.1 Å². The fourth-order valence-electron chi connectivity index (χ4n) is 1.90. The summed E-state index contributed by atoms with van der Waals surface area (Å²) in [6.45, 7) is 8.38. The van der Waals surface area contributed by atoms with E-state index in [-0.39, 0.29) is 0 Å². The molecule has 0 radical (unpaired) electrons. The van der Waals surface area contributed by atoms with Crippen LogP contribution < -0.4 is 10.6 Å². The maximum absolute atomic E-state index is 6.91. The molecule has 0 bridgehead atoms. The van der Waals surface area contributed by atoms with Crippen molar-refractivity contribution >= 4 is 23.0 Å². The third kappa shape index (κ3) is 5.25. The van der Waals surface area contributed by atoms with Crippen molar-refractivity contribution in [2.24, 2.45) is 0 Å². The van der Waals surface area contributed by atoms with Crippen LogP contribution in [0.5, 0.6) is 0 Å². The van der Waals surface area contributed by atoms with Crippen LogP contribution >= 0.6 is 12.2 Å². The Morgan fingerprint density at radius 1 is 0.952 bits per heavy atom. The van der Waals surface area contributed by atoms with Crippen molar-refractivity contribution in [3.05, 3.63) is 77.1 Å². The third-order valence-electron chi connectivity index (χ3n) is 3.06. The number of benzene rings is 2. The summed E-state index contributed by atoms with van der Waals surface area (Å²) >= 11 is 5.25. The summed E-state index contributed by atoms with van der Waals surface area (Å²) in [5, 5.41) is 7.01. The van der Waals surface area contributed by atoms with Crippen molar-refractivity contribution in [3.8, 4) is 0 Å². The van der Waals surface area contributed by atoms with E-state index >= 15 is 0 Å². The molecule has 0 aliphatic heterocycles. The fraction of sp³-hybridized carbons (Fsp3) is 0.176. The van der Waals surface area contributed by atoms with Crippen LogP contribution in [0.25, 0.3) is 4.85 Å². The van der Waals surface area contributed by atoms with Crippen LogP contribution in [0.3, 0.4) is 0 Å². The molecule has 0 saturated heterocycles. The van der Waals surface area contributed by atoms with E-state index in [0.29, 0.717) is 17.3 Å². The Bertz CT molecular complexity index is 615. The Morgan fingerprint density at radius 3 is 2.33 bits per heavy atom. The van der Waals surface area contributed by atoms with Gasteiger partial charge >= 0.3 is 0 Å². The normalized spacial score (nSPS) is 9.67. The second-order valence-corrected chi connectivity index (χ2v) is 5.03. The van der Waals surface area contributed by atoms with Gasteiger partial charge in [0.15, 0.2) is 10.8 Å². The van der Waals surface area contributed by atoms with Gasteiger partial charge in [-0.25, -0.2) is 4.85 Å². The van der Waals surface area contributed by atoms with Crippen LogP contribution in [0.15, 0.2) is 54.6 Å². The van der Waals surface area contributed by atoms with Gasteiger partial charge in [0.2, 0.25) is 0 Å². The summed E-state index contributed by atoms with van der Waals surface area (Å²) in [7, 11) is 0.